The van der Waals surface area contributed by atoms with E-state index in [1.54, 1.807) is 0 Å². The van der Waals surface area contributed by atoms with Crippen LogP contribution in [0.4, 0.5) is 0 Å². The molecule has 0 saturated heterocycles. The van der Waals surface area contributed by atoms with Crippen molar-refractivity contribution in [3.8, 4) is 0 Å². The summed E-state index contributed by atoms with van der Waals surface area (Å²) in [6.45, 7) is 2.02. The van der Waals surface area contributed by atoms with Gasteiger partial charge in [0.15, 0.2) is 0 Å². The van der Waals surface area contributed by atoms with Crippen molar-refractivity contribution in [3.63, 3.8) is 0 Å². The standard InChI is InChI=1S/C15H16Br4N2/c1-10-14(19)13(21(2)20-10)7-15(8-16,9-17)11-5-3-4-6-12(11)18/h3-6H,7-9H2,1-2H3. The highest BCUT2D eigenvalue weighted by molar-refractivity contribution is 9.11. The number of hydrogen-bond donors (Lipinski definition) is 0. The second-order valence-electron chi connectivity index (χ2n) is 5.17. The van der Waals surface area contributed by atoms with Gasteiger partial charge in [0.25, 0.3) is 0 Å². The van der Waals surface area contributed by atoms with E-state index in [0.29, 0.717) is 0 Å². The zero-order chi connectivity index (χ0) is 15.6. The molecule has 0 aliphatic carbocycles. The van der Waals surface area contributed by atoms with Gasteiger partial charge < -0.3 is 0 Å². The van der Waals surface area contributed by atoms with E-state index in [4.69, 9.17) is 0 Å². The van der Waals surface area contributed by atoms with Crippen molar-refractivity contribution in [2.75, 3.05) is 10.7 Å². The summed E-state index contributed by atoms with van der Waals surface area (Å²) in [6.07, 6.45) is 0.893. The Balaban J connectivity index is 2.51. The van der Waals surface area contributed by atoms with E-state index >= 15 is 0 Å². The molecule has 0 bridgehead atoms. The third-order valence-electron chi connectivity index (χ3n) is 3.72. The van der Waals surface area contributed by atoms with E-state index in [9.17, 15) is 0 Å². The molecule has 21 heavy (non-hydrogen) atoms. The Morgan fingerprint density at radius 3 is 2.24 bits per heavy atom. The van der Waals surface area contributed by atoms with E-state index in [-0.39, 0.29) is 5.41 Å². The molecule has 0 unspecified atom stereocenters. The highest BCUT2D eigenvalue weighted by Gasteiger charge is 2.34. The van der Waals surface area contributed by atoms with Crippen LogP contribution in [-0.2, 0) is 18.9 Å². The predicted molar refractivity (Wildman–Crippen MR) is 103 cm³/mol. The molecule has 2 aromatic rings. The smallest absolute Gasteiger partial charge is 0.0738 e. The molecular weight excluding hydrogens is 528 g/mol. The molecule has 2 nitrogen and oxygen atoms in total. The summed E-state index contributed by atoms with van der Waals surface area (Å²) in [7, 11) is 2.00. The lowest BCUT2D eigenvalue weighted by molar-refractivity contribution is 0.519. The maximum absolute atomic E-state index is 4.51. The van der Waals surface area contributed by atoms with Crippen molar-refractivity contribution >= 4 is 63.7 Å². The van der Waals surface area contributed by atoms with Crippen molar-refractivity contribution in [2.45, 2.75) is 18.8 Å². The molecule has 1 aromatic heterocycles. The van der Waals surface area contributed by atoms with Gasteiger partial charge in [0.2, 0.25) is 0 Å². The van der Waals surface area contributed by atoms with Crippen molar-refractivity contribution in [1.29, 1.82) is 0 Å². The van der Waals surface area contributed by atoms with Crippen molar-refractivity contribution in [2.24, 2.45) is 7.05 Å². The topological polar surface area (TPSA) is 17.8 Å². The summed E-state index contributed by atoms with van der Waals surface area (Å²) in [6, 6.07) is 8.41. The number of alkyl halides is 2. The number of aromatic nitrogens is 2. The normalized spacial score (nSPS) is 11.9. The van der Waals surface area contributed by atoms with Crippen molar-refractivity contribution in [1.82, 2.24) is 9.78 Å². The average Bonchev–Trinajstić information content (AvgIpc) is 2.71. The molecule has 1 heterocycles. The van der Waals surface area contributed by atoms with Crippen LogP contribution in [0.2, 0.25) is 0 Å². The molecule has 2 rings (SSSR count). The molecule has 0 saturated carbocycles. The van der Waals surface area contributed by atoms with Gasteiger partial charge in [0.1, 0.15) is 0 Å². The molecule has 0 aliphatic rings. The Hall–Kier alpha value is 0.350. The lowest BCUT2D eigenvalue weighted by Gasteiger charge is -2.32. The van der Waals surface area contributed by atoms with Crippen LogP contribution in [0.1, 0.15) is 17.0 Å². The minimum absolute atomic E-state index is 0.0388. The first kappa shape index (κ1) is 17.7. The fourth-order valence-electron chi connectivity index (χ4n) is 2.45. The Labute approximate surface area is 159 Å². The van der Waals surface area contributed by atoms with Gasteiger partial charge in [-0.25, -0.2) is 0 Å². The largest absolute Gasteiger partial charge is 0.271 e. The van der Waals surface area contributed by atoms with E-state index in [1.807, 2.05) is 24.7 Å². The van der Waals surface area contributed by atoms with E-state index in [1.165, 1.54) is 11.3 Å². The number of nitrogens with zero attached hydrogens (tertiary/aromatic N) is 2. The second kappa shape index (κ2) is 7.28. The molecule has 0 spiro atoms. The predicted octanol–water partition coefficient (Wildman–Crippen LogP) is 5.52. The fourth-order valence-corrected chi connectivity index (χ4v) is 5.56. The molecule has 0 aliphatic heterocycles. The van der Waals surface area contributed by atoms with Gasteiger partial charge in [0.05, 0.1) is 15.9 Å². The molecule has 1 aromatic carbocycles. The lowest BCUT2D eigenvalue weighted by atomic mass is 9.80. The number of aryl methyl sites for hydroxylation is 2. The Kier molecular flexibility index (Phi) is 6.14. The van der Waals surface area contributed by atoms with E-state index < -0.39 is 0 Å². The van der Waals surface area contributed by atoms with Crippen LogP contribution < -0.4 is 0 Å². The molecule has 114 valence electrons. The zero-order valence-corrected chi connectivity index (χ0v) is 18.2. The first-order valence-electron chi connectivity index (χ1n) is 6.50. The Morgan fingerprint density at radius 1 is 1.14 bits per heavy atom. The second-order valence-corrected chi connectivity index (χ2v) is 7.94. The summed E-state index contributed by atoms with van der Waals surface area (Å²) in [5, 5.41) is 6.24. The van der Waals surface area contributed by atoms with Crippen LogP contribution in [0.3, 0.4) is 0 Å². The quantitative estimate of drug-likeness (QED) is 0.454. The Bertz CT molecular complexity index is 633. The molecule has 0 amide bonds. The monoisotopic (exact) mass is 540 g/mol. The van der Waals surface area contributed by atoms with Crippen LogP contribution in [0.25, 0.3) is 0 Å². The van der Waals surface area contributed by atoms with Crippen molar-refractivity contribution < 1.29 is 0 Å². The number of rotatable bonds is 5. The van der Waals surface area contributed by atoms with Crippen LogP contribution >= 0.6 is 63.7 Å². The van der Waals surface area contributed by atoms with Gasteiger partial charge in [-0.2, -0.15) is 5.10 Å². The maximum Gasteiger partial charge on any atom is 0.0738 e. The third-order valence-corrected chi connectivity index (χ3v) is 7.59. The van der Waals surface area contributed by atoms with Crippen molar-refractivity contribution in [3.05, 3.63) is 50.2 Å². The molecular formula is C15H16Br4N2. The minimum atomic E-state index is -0.0388. The van der Waals surface area contributed by atoms with Gasteiger partial charge in [-0.15, -0.1) is 0 Å². The lowest BCUT2D eigenvalue weighted by Crippen LogP contribution is -2.34. The minimum Gasteiger partial charge on any atom is -0.271 e. The SMILES string of the molecule is Cc1nn(C)c(CC(CBr)(CBr)c2ccccc2Br)c1Br. The number of halogens is 4. The summed E-state index contributed by atoms with van der Waals surface area (Å²) >= 11 is 14.8. The van der Waals surface area contributed by atoms with E-state index in [2.05, 4.69) is 87.0 Å². The molecule has 0 atom stereocenters. The Morgan fingerprint density at radius 2 is 1.76 bits per heavy atom. The van der Waals surface area contributed by atoms with Crippen LogP contribution in [0.15, 0.2) is 33.2 Å². The number of hydrogen-bond acceptors (Lipinski definition) is 1. The first-order chi connectivity index (χ1) is 9.95. The fraction of sp³-hybridized carbons (Fsp3) is 0.400. The first-order valence-corrected chi connectivity index (χ1v) is 10.3. The van der Waals surface area contributed by atoms with Gasteiger partial charge in [-0.05, 0) is 34.5 Å². The molecule has 0 N–H and O–H groups in total. The van der Waals surface area contributed by atoms with Gasteiger partial charge in [-0.3, -0.25) is 4.68 Å². The third kappa shape index (κ3) is 3.48. The number of benzene rings is 1. The van der Waals surface area contributed by atoms with Gasteiger partial charge in [0, 0.05) is 34.0 Å². The van der Waals surface area contributed by atoms with Crippen LogP contribution in [0.5, 0.6) is 0 Å². The summed E-state index contributed by atoms with van der Waals surface area (Å²) in [5.74, 6) is 0. The van der Waals surface area contributed by atoms with Gasteiger partial charge in [-0.1, -0.05) is 66.0 Å². The van der Waals surface area contributed by atoms with Gasteiger partial charge >= 0.3 is 0 Å². The maximum atomic E-state index is 4.51. The summed E-state index contributed by atoms with van der Waals surface area (Å²) in [4.78, 5) is 0. The molecule has 6 heteroatoms. The highest BCUT2D eigenvalue weighted by Crippen LogP contribution is 2.38. The molecule has 0 fully saturated rings. The highest BCUT2D eigenvalue weighted by atomic mass is 79.9. The van der Waals surface area contributed by atoms with Crippen LogP contribution in [-0.4, -0.2) is 20.4 Å². The average molecular weight is 544 g/mol. The summed E-state index contributed by atoms with van der Waals surface area (Å²) < 4.78 is 4.21. The summed E-state index contributed by atoms with van der Waals surface area (Å²) in [5.41, 5.74) is 3.49. The van der Waals surface area contributed by atoms with Crippen LogP contribution in [0, 0.1) is 6.92 Å². The van der Waals surface area contributed by atoms with E-state index in [0.717, 1.165) is 31.7 Å². The zero-order valence-electron chi connectivity index (χ0n) is 11.8. The molecule has 0 radical (unpaired) electrons.